The Hall–Kier alpha value is -1.57. The van der Waals surface area contributed by atoms with E-state index in [9.17, 15) is 4.79 Å². The lowest BCUT2D eigenvalue weighted by molar-refractivity contribution is -0.126. The minimum absolute atomic E-state index is 0.119. The van der Waals surface area contributed by atoms with E-state index in [0.717, 1.165) is 24.2 Å². The van der Waals surface area contributed by atoms with Crippen molar-refractivity contribution < 1.29 is 4.79 Å². The number of nitrogens with zero attached hydrogens (tertiary/aromatic N) is 1. The fourth-order valence-corrected chi connectivity index (χ4v) is 1.62. The quantitative estimate of drug-likeness (QED) is 0.710. The first kappa shape index (κ1) is 12.5. The number of likely N-dealkylation sites (N-methyl/N-ethyl adjacent to an activating group) is 1. The van der Waals surface area contributed by atoms with E-state index in [1.54, 1.807) is 0 Å². The lowest BCUT2D eigenvalue weighted by atomic mass is 10.1. The lowest BCUT2D eigenvalue weighted by Gasteiger charge is -2.18. The number of hydrogen-bond donors (Lipinski definition) is 0. The molecule has 1 amide bonds. The fraction of sp³-hybridized carbons (Fsp3) is 0.357. The number of carbonyl (C=O) groups is 1. The van der Waals surface area contributed by atoms with Crippen LogP contribution in [0.1, 0.15) is 26.3 Å². The van der Waals surface area contributed by atoms with Crippen molar-refractivity contribution in [2.45, 2.75) is 20.8 Å². The predicted molar refractivity (Wildman–Crippen MR) is 68.0 cm³/mol. The van der Waals surface area contributed by atoms with Crippen LogP contribution in [0, 0.1) is 0 Å². The van der Waals surface area contributed by atoms with Crippen LogP contribution in [0.2, 0.25) is 0 Å². The van der Waals surface area contributed by atoms with E-state index in [4.69, 9.17) is 0 Å². The molecule has 0 saturated carbocycles. The van der Waals surface area contributed by atoms with Gasteiger partial charge in [0.05, 0.1) is 0 Å². The molecule has 86 valence electrons. The predicted octanol–water partition coefficient (Wildman–Crippen LogP) is 2.96. The molecule has 0 aliphatic heterocycles. The number of amides is 1. The summed E-state index contributed by atoms with van der Waals surface area (Å²) in [6, 6.07) is 9.92. The van der Waals surface area contributed by atoms with Gasteiger partial charge in [0, 0.05) is 18.7 Å². The van der Waals surface area contributed by atoms with E-state index in [0.29, 0.717) is 0 Å². The minimum atomic E-state index is 0.119. The van der Waals surface area contributed by atoms with Gasteiger partial charge in [0.2, 0.25) is 5.91 Å². The van der Waals surface area contributed by atoms with E-state index < -0.39 is 0 Å². The maximum atomic E-state index is 12.0. The van der Waals surface area contributed by atoms with Crippen LogP contribution in [0.5, 0.6) is 0 Å². The number of carbonyl (C=O) groups excluding carboxylic acids is 1. The molecule has 16 heavy (non-hydrogen) atoms. The van der Waals surface area contributed by atoms with Gasteiger partial charge in [0.15, 0.2) is 0 Å². The summed E-state index contributed by atoms with van der Waals surface area (Å²) in [7, 11) is 0. The van der Waals surface area contributed by atoms with Gasteiger partial charge in [0.25, 0.3) is 0 Å². The van der Waals surface area contributed by atoms with Gasteiger partial charge >= 0.3 is 0 Å². The molecule has 0 fully saturated rings. The van der Waals surface area contributed by atoms with Crippen LogP contribution in [0.15, 0.2) is 35.9 Å². The Bertz CT molecular complexity index is 364. The Morgan fingerprint density at radius 1 is 1.19 bits per heavy atom. The molecule has 0 atom stereocenters. The Morgan fingerprint density at radius 2 is 1.75 bits per heavy atom. The first-order valence-electron chi connectivity index (χ1n) is 5.71. The second-order valence-electron chi connectivity index (χ2n) is 3.72. The summed E-state index contributed by atoms with van der Waals surface area (Å²) in [6.07, 6.45) is 1.93. The third kappa shape index (κ3) is 3.23. The molecule has 0 aliphatic rings. The van der Waals surface area contributed by atoms with E-state index in [2.05, 4.69) is 0 Å². The largest absolute Gasteiger partial charge is 0.339 e. The zero-order valence-corrected chi connectivity index (χ0v) is 10.2. The molecule has 0 saturated heterocycles. The summed E-state index contributed by atoms with van der Waals surface area (Å²) in [5.74, 6) is 0.119. The highest BCUT2D eigenvalue weighted by Crippen LogP contribution is 2.08. The number of hydrogen-bond acceptors (Lipinski definition) is 1. The fourth-order valence-electron chi connectivity index (χ4n) is 1.62. The van der Waals surface area contributed by atoms with Crippen molar-refractivity contribution in [2.24, 2.45) is 0 Å². The molecule has 2 heteroatoms. The summed E-state index contributed by atoms with van der Waals surface area (Å²) >= 11 is 0. The number of rotatable bonds is 4. The Morgan fingerprint density at radius 3 is 2.25 bits per heavy atom. The average molecular weight is 217 g/mol. The van der Waals surface area contributed by atoms with Gasteiger partial charge in [-0.25, -0.2) is 0 Å². The average Bonchev–Trinajstić information content (AvgIpc) is 2.31. The Balaban J connectivity index is 2.81. The van der Waals surface area contributed by atoms with Crippen molar-refractivity contribution in [1.29, 1.82) is 0 Å². The van der Waals surface area contributed by atoms with E-state index in [1.165, 1.54) is 0 Å². The maximum absolute atomic E-state index is 12.0. The molecule has 2 nitrogen and oxygen atoms in total. The van der Waals surface area contributed by atoms with Crippen LogP contribution in [0.25, 0.3) is 6.08 Å². The zero-order chi connectivity index (χ0) is 12.0. The van der Waals surface area contributed by atoms with Crippen LogP contribution in [0.3, 0.4) is 0 Å². The molecule has 0 radical (unpaired) electrons. The highest BCUT2D eigenvalue weighted by Gasteiger charge is 2.10. The first-order chi connectivity index (χ1) is 7.69. The van der Waals surface area contributed by atoms with Crippen LogP contribution < -0.4 is 0 Å². The van der Waals surface area contributed by atoms with Gasteiger partial charge in [-0.2, -0.15) is 0 Å². The smallest absolute Gasteiger partial charge is 0.249 e. The monoisotopic (exact) mass is 217 g/mol. The van der Waals surface area contributed by atoms with Crippen LogP contribution in [-0.4, -0.2) is 23.9 Å². The van der Waals surface area contributed by atoms with Crippen LogP contribution in [-0.2, 0) is 4.79 Å². The van der Waals surface area contributed by atoms with Gasteiger partial charge in [-0.15, -0.1) is 0 Å². The van der Waals surface area contributed by atoms with Crippen molar-refractivity contribution in [3.8, 4) is 0 Å². The van der Waals surface area contributed by atoms with Gasteiger partial charge < -0.3 is 4.90 Å². The second kappa shape index (κ2) is 6.11. The molecule has 0 heterocycles. The molecule has 1 aromatic carbocycles. The maximum Gasteiger partial charge on any atom is 0.249 e. The second-order valence-corrected chi connectivity index (χ2v) is 3.72. The summed E-state index contributed by atoms with van der Waals surface area (Å²) in [6.45, 7) is 7.38. The van der Waals surface area contributed by atoms with Crippen molar-refractivity contribution in [3.63, 3.8) is 0 Å². The molecular formula is C14H19NO. The molecule has 1 rings (SSSR count). The molecule has 0 N–H and O–H groups in total. The van der Waals surface area contributed by atoms with Gasteiger partial charge in [-0.05, 0) is 32.4 Å². The topological polar surface area (TPSA) is 20.3 Å². The molecule has 0 bridgehead atoms. The number of benzene rings is 1. The lowest BCUT2D eigenvalue weighted by Crippen LogP contribution is -2.30. The van der Waals surface area contributed by atoms with Crippen molar-refractivity contribution in [2.75, 3.05) is 13.1 Å². The van der Waals surface area contributed by atoms with Crippen molar-refractivity contribution in [1.82, 2.24) is 4.90 Å². The van der Waals surface area contributed by atoms with E-state index in [1.807, 2.05) is 62.1 Å². The minimum Gasteiger partial charge on any atom is -0.339 e. The summed E-state index contributed by atoms with van der Waals surface area (Å²) in [5.41, 5.74) is 1.86. The standard InChI is InChI=1S/C14H19NO/c1-4-15(5-2)14(16)12(3)11-13-9-7-6-8-10-13/h6-11H,4-5H2,1-3H3/b12-11+. The summed E-state index contributed by atoms with van der Waals surface area (Å²) < 4.78 is 0. The Labute approximate surface area is 97.6 Å². The molecule has 1 aromatic rings. The highest BCUT2D eigenvalue weighted by atomic mass is 16.2. The normalized spacial score (nSPS) is 11.3. The molecule has 0 unspecified atom stereocenters. The molecule has 0 aliphatic carbocycles. The van der Waals surface area contributed by atoms with Gasteiger partial charge in [-0.1, -0.05) is 30.3 Å². The summed E-state index contributed by atoms with van der Waals surface area (Å²) in [4.78, 5) is 13.8. The van der Waals surface area contributed by atoms with Crippen molar-refractivity contribution in [3.05, 3.63) is 41.5 Å². The van der Waals surface area contributed by atoms with Gasteiger partial charge in [-0.3, -0.25) is 4.79 Å². The molecular weight excluding hydrogens is 198 g/mol. The van der Waals surface area contributed by atoms with Crippen molar-refractivity contribution >= 4 is 12.0 Å². The first-order valence-corrected chi connectivity index (χ1v) is 5.71. The molecule has 0 spiro atoms. The highest BCUT2D eigenvalue weighted by molar-refractivity contribution is 5.97. The third-order valence-electron chi connectivity index (χ3n) is 2.57. The van der Waals surface area contributed by atoms with Crippen LogP contribution in [0.4, 0.5) is 0 Å². The van der Waals surface area contributed by atoms with Gasteiger partial charge in [0.1, 0.15) is 0 Å². The SMILES string of the molecule is CCN(CC)C(=O)/C(C)=C/c1ccccc1. The van der Waals surface area contributed by atoms with E-state index >= 15 is 0 Å². The Kier molecular flexibility index (Phi) is 4.77. The third-order valence-corrected chi connectivity index (χ3v) is 2.57. The molecule has 0 aromatic heterocycles. The van der Waals surface area contributed by atoms with Crippen LogP contribution >= 0.6 is 0 Å². The summed E-state index contributed by atoms with van der Waals surface area (Å²) in [5, 5.41) is 0. The van der Waals surface area contributed by atoms with E-state index in [-0.39, 0.29) is 5.91 Å². The zero-order valence-electron chi connectivity index (χ0n) is 10.2.